The number of hydrogen-bond donors (Lipinski definition) is 0. The van der Waals surface area contributed by atoms with E-state index in [9.17, 15) is 0 Å². The minimum absolute atomic E-state index is 0.359. The van der Waals surface area contributed by atoms with Gasteiger partial charge in [0.05, 0.1) is 7.11 Å². The third kappa shape index (κ3) is 2.80. The van der Waals surface area contributed by atoms with Crippen LogP contribution in [0.4, 0.5) is 0 Å². The summed E-state index contributed by atoms with van der Waals surface area (Å²) in [6.45, 7) is 2.19. The van der Waals surface area contributed by atoms with E-state index in [0.29, 0.717) is 5.92 Å². The summed E-state index contributed by atoms with van der Waals surface area (Å²) in [7, 11) is 1.68. The van der Waals surface area contributed by atoms with Gasteiger partial charge in [0.25, 0.3) is 0 Å². The zero-order chi connectivity index (χ0) is 12.3. The summed E-state index contributed by atoms with van der Waals surface area (Å²) in [6.07, 6.45) is 0. The Kier molecular flexibility index (Phi) is 3.70. The van der Waals surface area contributed by atoms with Crippen molar-refractivity contribution in [2.45, 2.75) is 12.8 Å². The second-order valence-electron chi connectivity index (χ2n) is 4.05. The van der Waals surface area contributed by atoms with E-state index < -0.39 is 0 Å². The van der Waals surface area contributed by atoms with E-state index in [-0.39, 0.29) is 0 Å². The summed E-state index contributed by atoms with van der Waals surface area (Å²) in [5, 5.41) is 0.774. The third-order valence-corrected chi connectivity index (χ3v) is 3.24. The fourth-order valence-corrected chi connectivity index (χ4v) is 1.96. The highest BCUT2D eigenvalue weighted by atomic mass is 35.5. The lowest BCUT2D eigenvalue weighted by Gasteiger charge is -2.13. The van der Waals surface area contributed by atoms with Crippen molar-refractivity contribution in [3.8, 4) is 5.75 Å². The minimum atomic E-state index is 0.359. The van der Waals surface area contributed by atoms with Gasteiger partial charge in [-0.15, -0.1) is 0 Å². The molecule has 0 saturated carbocycles. The van der Waals surface area contributed by atoms with Gasteiger partial charge >= 0.3 is 0 Å². The van der Waals surface area contributed by atoms with E-state index >= 15 is 0 Å². The summed E-state index contributed by atoms with van der Waals surface area (Å²) >= 11 is 5.89. The quantitative estimate of drug-likeness (QED) is 0.775. The van der Waals surface area contributed by atoms with Gasteiger partial charge in [0.2, 0.25) is 0 Å². The fourth-order valence-electron chi connectivity index (χ4n) is 1.84. The molecule has 0 fully saturated rings. The van der Waals surface area contributed by atoms with Gasteiger partial charge in [0.1, 0.15) is 5.75 Å². The molecule has 1 unspecified atom stereocenters. The van der Waals surface area contributed by atoms with Gasteiger partial charge in [-0.05, 0) is 35.4 Å². The van der Waals surface area contributed by atoms with E-state index in [2.05, 4.69) is 31.2 Å². The smallest absolute Gasteiger partial charge is 0.118 e. The van der Waals surface area contributed by atoms with Gasteiger partial charge in [-0.1, -0.05) is 42.8 Å². The Balaban J connectivity index is 2.23. The molecule has 2 heteroatoms. The molecule has 1 atom stereocenters. The van der Waals surface area contributed by atoms with Crippen molar-refractivity contribution in [3.63, 3.8) is 0 Å². The van der Waals surface area contributed by atoms with Gasteiger partial charge in [-0.25, -0.2) is 0 Å². The van der Waals surface area contributed by atoms with Crippen LogP contribution >= 0.6 is 11.6 Å². The Hall–Kier alpha value is -1.47. The Labute approximate surface area is 107 Å². The van der Waals surface area contributed by atoms with Crippen LogP contribution in [0.1, 0.15) is 24.0 Å². The molecular weight excluding hydrogens is 232 g/mol. The summed E-state index contributed by atoms with van der Waals surface area (Å²) < 4.78 is 5.15. The molecule has 2 aromatic rings. The lowest BCUT2D eigenvalue weighted by atomic mass is 9.93. The average molecular weight is 247 g/mol. The molecule has 0 aromatic heterocycles. The lowest BCUT2D eigenvalue weighted by molar-refractivity contribution is 0.414. The molecule has 17 heavy (non-hydrogen) atoms. The molecule has 0 spiro atoms. The predicted molar refractivity (Wildman–Crippen MR) is 72.0 cm³/mol. The standard InChI is InChI=1S/C15H15ClO/c1-11(12-3-7-14(16)8-4-12)13-5-9-15(17-2)10-6-13/h3-11H,1-2H3. The van der Waals surface area contributed by atoms with E-state index in [1.54, 1.807) is 7.11 Å². The summed E-state index contributed by atoms with van der Waals surface area (Å²) in [4.78, 5) is 0. The molecular formula is C15H15ClO. The summed E-state index contributed by atoms with van der Waals surface area (Å²) in [5.74, 6) is 1.25. The van der Waals surface area contributed by atoms with Crippen LogP contribution in [0, 0.1) is 0 Å². The highest BCUT2D eigenvalue weighted by Crippen LogP contribution is 2.26. The van der Waals surface area contributed by atoms with Gasteiger partial charge in [-0.3, -0.25) is 0 Å². The SMILES string of the molecule is COc1ccc(C(C)c2ccc(Cl)cc2)cc1. The molecule has 0 N–H and O–H groups in total. The number of halogens is 1. The van der Waals surface area contributed by atoms with Crippen LogP contribution in [0.3, 0.4) is 0 Å². The first kappa shape index (κ1) is 12.0. The molecule has 2 aromatic carbocycles. The maximum atomic E-state index is 5.89. The Morgan fingerprint density at radius 3 is 1.82 bits per heavy atom. The zero-order valence-corrected chi connectivity index (χ0v) is 10.7. The zero-order valence-electron chi connectivity index (χ0n) is 9.98. The van der Waals surface area contributed by atoms with Crippen LogP contribution < -0.4 is 4.74 Å². The van der Waals surface area contributed by atoms with Crippen LogP contribution in [0.5, 0.6) is 5.75 Å². The summed E-state index contributed by atoms with van der Waals surface area (Å²) in [6, 6.07) is 16.2. The summed E-state index contributed by atoms with van der Waals surface area (Å²) in [5.41, 5.74) is 2.53. The van der Waals surface area contributed by atoms with Crippen molar-refractivity contribution >= 4 is 11.6 Å². The number of hydrogen-bond acceptors (Lipinski definition) is 1. The molecule has 0 radical (unpaired) electrons. The van der Waals surface area contributed by atoms with Crippen molar-refractivity contribution in [1.82, 2.24) is 0 Å². The highest BCUT2D eigenvalue weighted by Gasteiger charge is 2.08. The van der Waals surface area contributed by atoms with Crippen molar-refractivity contribution in [2.24, 2.45) is 0 Å². The largest absolute Gasteiger partial charge is 0.497 e. The fraction of sp³-hybridized carbons (Fsp3) is 0.200. The molecule has 88 valence electrons. The molecule has 1 nitrogen and oxygen atoms in total. The molecule has 0 bridgehead atoms. The molecule has 0 amide bonds. The number of methoxy groups -OCH3 is 1. The number of rotatable bonds is 3. The predicted octanol–water partition coefficient (Wildman–Crippen LogP) is 4.50. The van der Waals surface area contributed by atoms with Gasteiger partial charge in [-0.2, -0.15) is 0 Å². The minimum Gasteiger partial charge on any atom is -0.497 e. The van der Waals surface area contributed by atoms with E-state index in [1.165, 1.54) is 11.1 Å². The molecule has 0 saturated heterocycles. The van der Waals surface area contributed by atoms with E-state index in [1.807, 2.05) is 24.3 Å². The average Bonchev–Trinajstić information content (AvgIpc) is 2.39. The topological polar surface area (TPSA) is 9.23 Å². The first-order valence-electron chi connectivity index (χ1n) is 5.60. The number of ether oxygens (including phenoxy) is 1. The Morgan fingerprint density at radius 2 is 1.35 bits per heavy atom. The Bertz CT molecular complexity index is 473. The second kappa shape index (κ2) is 5.24. The van der Waals surface area contributed by atoms with Crippen molar-refractivity contribution in [2.75, 3.05) is 7.11 Å². The molecule has 0 aliphatic heterocycles. The molecule has 0 aliphatic rings. The maximum Gasteiger partial charge on any atom is 0.118 e. The van der Waals surface area contributed by atoms with Crippen LogP contribution in [-0.4, -0.2) is 7.11 Å². The first-order valence-corrected chi connectivity index (χ1v) is 5.98. The molecule has 2 rings (SSSR count). The van der Waals surface area contributed by atoms with Gasteiger partial charge in [0, 0.05) is 10.9 Å². The molecule has 0 heterocycles. The molecule has 0 aliphatic carbocycles. The van der Waals surface area contributed by atoms with Crippen LogP contribution in [0.2, 0.25) is 5.02 Å². The van der Waals surface area contributed by atoms with Crippen molar-refractivity contribution in [1.29, 1.82) is 0 Å². The van der Waals surface area contributed by atoms with Gasteiger partial charge in [0.15, 0.2) is 0 Å². The highest BCUT2D eigenvalue weighted by molar-refractivity contribution is 6.30. The van der Waals surface area contributed by atoms with E-state index in [4.69, 9.17) is 16.3 Å². The normalized spacial score (nSPS) is 12.2. The van der Waals surface area contributed by atoms with E-state index in [0.717, 1.165) is 10.8 Å². The first-order chi connectivity index (χ1) is 8.20. The van der Waals surface area contributed by atoms with Crippen molar-refractivity contribution in [3.05, 3.63) is 64.7 Å². The maximum absolute atomic E-state index is 5.89. The third-order valence-electron chi connectivity index (χ3n) is 2.99. The Morgan fingerprint density at radius 1 is 0.882 bits per heavy atom. The monoisotopic (exact) mass is 246 g/mol. The van der Waals surface area contributed by atoms with Crippen LogP contribution in [0.25, 0.3) is 0 Å². The van der Waals surface area contributed by atoms with Crippen molar-refractivity contribution < 1.29 is 4.74 Å². The van der Waals surface area contributed by atoms with Gasteiger partial charge < -0.3 is 4.74 Å². The lowest BCUT2D eigenvalue weighted by Crippen LogP contribution is -1.95. The van der Waals surface area contributed by atoms with Crippen LogP contribution in [-0.2, 0) is 0 Å². The second-order valence-corrected chi connectivity index (χ2v) is 4.48. The van der Waals surface area contributed by atoms with Crippen LogP contribution in [0.15, 0.2) is 48.5 Å². The number of benzene rings is 2.